The van der Waals surface area contributed by atoms with Gasteiger partial charge in [-0.15, -0.1) is 0 Å². The molecule has 8 nitrogen and oxygen atoms in total. The Hall–Kier alpha value is -2.91. The number of rotatable bonds is 5. The minimum Gasteiger partial charge on any atom is -0.338 e. The van der Waals surface area contributed by atoms with Crippen molar-refractivity contribution in [1.29, 1.82) is 0 Å². The van der Waals surface area contributed by atoms with Crippen LogP contribution in [0.2, 0.25) is 0 Å². The number of imidazole rings is 1. The molecule has 32 heavy (non-hydrogen) atoms. The van der Waals surface area contributed by atoms with E-state index in [1.54, 1.807) is 24.1 Å². The first kappa shape index (κ1) is 22.3. The number of para-hydroxylation sites is 2. The van der Waals surface area contributed by atoms with E-state index in [0.29, 0.717) is 24.5 Å². The van der Waals surface area contributed by atoms with Crippen LogP contribution in [0.5, 0.6) is 0 Å². The first-order valence-electron chi connectivity index (χ1n) is 10.7. The lowest BCUT2D eigenvalue weighted by Crippen LogP contribution is -2.51. The van der Waals surface area contributed by atoms with Crippen molar-refractivity contribution < 1.29 is 13.2 Å². The summed E-state index contributed by atoms with van der Waals surface area (Å²) in [7, 11) is -1.92. The molecule has 2 heterocycles. The van der Waals surface area contributed by atoms with Crippen LogP contribution in [0.4, 0.5) is 0 Å². The number of aromatic nitrogens is 2. The number of amides is 1. The van der Waals surface area contributed by atoms with Crippen molar-refractivity contribution >= 4 is 27.0 Å². The number of hydrogen-bond acceptors (Lipinski definition) is 4. The molecule has 0 radical (unpaired) electrons. The molecular formula is C23H28N4O4S. The van der Waals surface area contributed by atoms with E-state index in [1.165, 1.54) is 13.4 Å². The van der Waals surface area contributed by atoms with Crippen LogP contribution in [0.3, 0.4) is 0 Å². The molecule has 1 aliphatic rings. The second-order valence-corrected chi connectivity index (χ2v) is 10.4. The average Bonchev–Trinajstić information content (AvgIpc) is 3.04. The summed E-state index contributed by atoms with van der Waals surface area (Å²) in [4.78, 5) is 27.4. The molecule has 0 unspecified atom stereocenters. The molecule has 1 saturated heterocycles. The van der Waals surface area contributed by atoms with Gasteiger partial charge in [0.15, 0.2) is 0 Å². The molecule has 3 aromatic rings. The van der Waals surface area contributed by atoms with Gasteiger partial charge in [0.1, 0.15) is 6.54 Å². The molecule has 4 rings (SSSR count). The van der Waals surface area contributed by atoms with E-state index < -0.39 is 10.0 Å². The van der Waals surface area contributed by atoms with Crippen molar-refractivity contribution in [1.82, 2.24) is 18.3 Å². The third-order valence-corrected chi connectivity index (χ3v) is 8.03. The molecule has 0 spiro atoms. The first-order valence-corrected chi connectivity index (χ1v) is 12.2. The quantitative estimate of drug-likeness (QED) is 0.588. The van der Waals surface area contributed by atoms with Crippen molar-refractivity contribution in [2.24, 2.45) is 7.05 Å². The van der Waals surface area contributed by atoms with Gasteiger partial charge in [0, 0.05) is 33.2 Å². The fourth-order valence-corrected chi connectivity index (χ4v) is 5.53. The highest BCUT2D eigenvalue weighted by atomic mass is 32.2. The van der Waals surface area contributed by atoms with Crippen molar-refractivity contribution in [2.75, 3.05) is 26.2 Å². The van der Waals surface area contributed by atoms with Gasteiger partial charge in [-0.05, 0) is 35.7 Å². The van der Waals surface area contributed by atoms with Crippen LogP contribution in [0, 0.1) is 0 Å². The second kappa shape index (κ2) is 8.55. The van der Waals surface area contributed by atoms with Crippen LogP contribution >= 0.6 is 0 Å². The fourth-order valence-electron chi connectivity index (χ4n) is 4.10. The smallest absolute Gasteiger partial charge is 0.329 e. The van der Waals surface area contributed by atoms with E-state index in [1.807, 2.05) is 36.4 Å². The fraction of sp³-hybridized carbons (Fsp3) is 0.391. The minimum absolute atomic E-state index is 0.0659. The van der Waals surface area contributed by atoms with Crippen molar-refractivity contribution in [3.8, 4) is 0 Å². The van der Waals surface area contributed by atoms with E-state index in [-0.39, 0.29) is 36.1 Å². The number of benzene rings is 2. The predicted octanol–water partition coefficient (Wildman–Crippen LogP) is 2.00. The number of nitrogens with zero attached hydrogens (tertiary/aromatic N) is 4. The number of fused-ring (bicyclic) bond motifs is 1. The topological polar surface area (TPSA) is 84.6 Å². The molecule has 0 N–H and O–H groups in total. The molecular weight excluding hydrogens is 428 g/mol. The summed E-state index contributed by atoms with van der Waals surface area (Å²) in [5.41, 5.74) is 2.32. The highest BCUT2D eigenvalue weighted by Gasteiger charge is 2.30. The van der Waals surface area contributed by atoms with E-state index in [0.717, 1.165) is 11.1 Å². The molecule has 2 aromatic carbocycles. The molecule has 1 aromatic heterocycles. The zero-order chi connectivity index (χ0) is 23.0. The van der Waals surface area contributed by atoms with Gasteiger partial charge < -0.3 is 4.90 Å². The minimum atomic E-state index is -3.61. The summed E-state index contributed by atoms with van der Waals surface area (Å²) in [6.45, 7) is 5.10. The van der Waals surface area contributed by atoms with E-state index in [2.05, 4.69) is 13.8 Å². The maximum atomic E-state index is 13.0. The number of sulfonamides is 1. The number of aryl methyl sites for hydroxylation is 1. The van der Waals surface area contributed by atoms with Crippen LogP contribution in [0.15, 0.2) is 58.2 Å². The summed E-state index contributed by atoms with van der Waals surface area (Å²) in [5, 5.41) is 0. The zero-order valence-electron chi connectivity index (χ0n) is 18.6. The summed E-state index contributed by atoms with van der Waals surface area (Å²) in [6, 6.07) is 14.3. The van der Waals surface area contributed by atoms with Gasteiger partial charge >= 0.3 is 5.69 Å². The Bertz CT molecular complexity index is 1300. The molecule has 1 amide bonds. The Morgan fingerprint density at radius 2 is 1.53 bits per heavy atom. The Morgan fingerprint density at radius 1 is 0.938 bits per heavy atom. The first-order chi connectivity index (χ1) is 15.2. The highest BCUT2D eigenvalue weighted by Crippen LogP contribution is 2.21. The molecule has 170 valence electrons. The third kappa shape index (κ3) is 3.98. The predicted molar refractivity (Wildman–Crippen MR) is 123 cm³/mol. The number of carbonyl (C=O) groups is 1. The Kier molecular flexibility index (Phi) is 5.96. The van der Waals surface area contributed by atoms with Crippen LogP contribution < -0.4 is 5.69 Å². The molecule has 0 aliphatic carbocycles. The zero-order valence-corrected chi connectivity index (χ0v) is 19.4. The molecule has 0 bridgehead atoms. The largest absolute Gasteiger partial charge is 0.338 e. The average molecular weight is 457 g/mol. The highest BCUT2D eigenvalue weighted by molar-refractivity contribution is 7.89. The van der Waals surface area contributed by atoms with Gasteiger partial charge in [-0.3, -0.25) is 13.9 Å². The van der Waals surface area contributed by atoms with Crippen LogP contribution in [-0.2, 0) is 28.4 Å². The van der Waals surface area contributed by atoms with Crippen LogP contribution in [0.1, 0.15) is 25.3 Å². The summed E-state index contributed by atoms with van der Waals surface area (Å²) < 4.78 is 30.4. The Labute approximate surface area is 187 Å². The lowest BCUT2D eigenvalue weighted by molar-refractivity contribution is -0.133. The van der Waals surface area contributed by atoms with E-state index >= 15 is 0 Å². The molecule has 1 aliphatic heterocycles. The van der Waals surface area contributed by atoms with Gasteiger partial charge in [-0.2, -0.15) is 4.31 Å². The van der Waals surface area contributed by atoms with Gasteiger partial charge in [0.05, 0.1) is 15.9 Å². The number of hydrogen-bond donors (Lipinski definition) is 0. The van der Waals surface area contributed by atoms with Crippen molar-refractivity contribution in [3.63, 3.8) is 0 Å². The number of carbonyl (C=O) groups excluding carboxylic acids is 1. The van der Waals surface area contributed by atoms with Crippen molar-refractivity contribution in [3.05, 3.63) is 64.6 Å². The van der Waals surface area contributed by atoms with Gasteiger partial charge in [0.2, 0.25) is 15.9 Å². The molecule has 0 atom stereocenters. The normalized spacial score (nSPS) is 15.6. The second-order valence-electron chi connectivity index (χ2n) is 8.43. The monoisotopic (exact) mass is 456 g/mol. The molecule has 1 fully saturated rings. The molecule has 0 saturated carbocycles. The number of piperazine rings is 1. The van der Waals surface area contributed by atoms with E-state index in [9.17, 15) is 18.0 Å². The van der Waals surface area contributed by atoms with Gasteiger partial charge in [0.25, 0.3) is 0 Å². The lowest BCUT2D eigenvalue weighted by Gasteiger charge is -2.34. The van der Waals surface area contributed by atoms with Gasteiger partial charge in [-0.1, -0.05) is 38.1 Å². The summed E-state index contributed by atoms with van der Waals surface area (Å²) >= 11 is 0. The van der Waals surface area contributed by atoms with Gasteiger partial charge in [-0.25, -0.2) is 13.2 Å². The van der Waals surface area contributed by atoms with Crippen LogP contribution in [0.25, 0.3) is 11.0 Å². The Balaban J connectivity index is 1.44. The molecule has 9 heteroatoms. The van der Waals surface area contributed by atoms with Crippen molar-refractivity contribution in [2.45, 2.75) is 31.2 Å². The standard InChI is InChI=1S/C23H28N4O4S/c1-17(2)18-8-10-19(11-9-18)32(30,31)26-14-12-25(13-15-26)22(28)16-27-21-7-5-4-6-20(21)24(3)23(27)29/h4-11,17H,12-16H2,1-3H3. The third-order valence-electron chi connectivity index (χ3n) is 6.12. The maximum absolute atomic E-state index is 13.0. The SMILES string of the molecule is CC(C)c1ccc(S(=O)(=O)N2CCN(C(=O)Cn3c(=O)n(C)c4ccccc43)CC2)cc1. The summed E-state index contributed by atoms with van der Waals surface area (Å²) in [5.74, 6) is 0.136. The Morgan fingerprint density at radius 3 is 2.12 bits per heavy atom. The van der Waals surface area contributed by atoms with E-state index in [4.69, 9.17) is 0 Å². The maximum Gasteiger partial charge on any atom is 0.329 e. The van der Waals surface area contributed by atoms with Crippen LogP contribution in [-0.4, -0.2) is 58.8 Å². The summed E-state index contributed by atoms with van der Waals surface area (Å²) in [6.07, 6.45) is 0. The lowest BCUT2D eigenvalue weighted by atomic mass is 10.0.